The number of benzene rings is 1. The number of allylic oxidation sites excluding steroid dienone is 1. The van der Waals surface area contributed by atoms with Crippen LogP contribution in [-0.2, 0) is 0 Å². The summed E-state index contributed by atoms with van der Waals surface area (Å²) in [6.07, 6.45) is 4.43. The molecule has 0 bridgehead atoms. The monoisotopic (exact) mass is 196 g/mol. The van der Waals surface area contributed by atoms with Gasteiger partial charge in [-0.15, -0.1) is 6.58 Å². The molecule has 0 spiro atoms. The number of nitrogens with zero attached hydrogens (tertiary/aromatic N) is 1. The normalized spacial score (nSPS) is 15.0. The van der Waals surface area contributed by atoms with Crippen LogP contribution in [0, 0.1) is 17.2 Å². The van der Waals surface area contributed by atoms with E-state index in [4.69, 9.17) is 5.26 Å². The summed E-state index contributed by atoms with van der Waals surface area (Å²) in [4.78, 5) is 0. The van der Waals surface area contributed by atoms with Gasteiger partial charge in [0.05, 0.1) is 11.6 Å². The van der Waals surface area contributed by atoms with E-state index >= 15 is 0 Å². The highest BCUT2D eigenvalue weighted by Crippen LogP contribution is 2.43. The number of nitriles is 1. The van der Waals surface area contributed by atoms with Crippen LogP contribution in [0.15, 0.2) is 30.9 Å². The molecule has 0 aromatic heterocycles. The van der Waals surface area contributed by atoms with E-state index in [0.717, 1.165) is 11.5 Å². The standard InChI is InChI=1S/C14H14N/c1-3-10(2)14-8-11(9-15)4-7-13(14)12-5-6-12/h3-4,7-8,12H,1,5-6H2,2H3. The molecule has 1 aliphatic carbocycles. The quantitative estimate of drug-likeness (QED) is 0.725. The molecule has 1 aromatic carbocycles. The molecule has 0 N–H and O–H groups in total. The van der Waals surface area contributed by atoms with Gasteiger partial charge in [0.2, 0.25) is 0 Å². The molecule has 1 fully saturated rings. The first-order chi connectivity index (χ1) is 7.26. The summed E-state index contributed by atoms with van der Waals surface area (Å²) in [5.41, 5.74) is 3.31. The molecule has 1 nitrogen and oxygen atoms in total. The second-order valence-corrected chi connectivity index (χ2v) is 4.08. The van der Waals surface area contributed by atoms with Crippen LogP contribution in [-0.4, -0.2) is 0 Å². The van der Waals surface area contributed by atoms with Gasteiger partial charge in [-0.2, -0.15) is 5.26 Å². The summed E-state index contributed by atoms with van der Waals surface area (Å²) < 4.78 is 0. The van der Waals surface area contributed by atoms with Crippen LogP contribution in [0.5, 0.6) is 0 Å². The molecule has 0 atom stereocenters. The number of hydrogen-bond acceptors (Lipinski definition) is 1. The smallest absolute Gasteiger partial charge is 0.0991 e. The van der Waals surface area contributed by atoms with Crippen molar-refractivity contribution in [1.29, 1.82) is 5.26 Å². The van der Waals surface area contributed by atoms with Crippen LogP contribution < -0.4 is 0 Å². The molecule has 0 amide bonds. The van der Waals surface area contributed by atoms with Crippen LogP contribution in [0.25, 0.3) is 0 Å². The summed E-state index contributed by atoms with van der Waals surface area (Å²) in [5, 5.41) is 8.88. The van der Waals surface area contributed by atoms with Gasteiger partial charge < -0.3 is 0 Å². The zero-order valence-electron chi connectivity index (χ0n) is 8.96. The zero-order chi connectivity index (χ0) is 10.8. The fourth-order valence-electron chi connectivity index (χ4n) is 1.83. The predicted molar refractivity (Wildman–Crippen MR) is 61.3 cm³/mol. The van der Waals surface area contributed by atoms with E-state index < -0.39 is 0 Å². The van der Waals surface area contributed by atoms with Gasteiger partial charge in [-0.1, -0.05) is 19.1 Å². The number of hydrogen-bond donors (Lipinski definition) is 0. The van der Waals surface area contributed by atoms with Crippen molar-refractivity contribution >= 4 is 0 Å². The fraction of sp³-hybridized carbons (Fsp3) is 0.286. The van der Waals surface area contributed by atoms with Crippen LogP contribution in [0.1, 0.15) is 42.4 Å². The topological polar surface area (TPSA) is 23.8 Å². The first-order valence-electron chi connectivity index (χ1n) is 5.26. The average molecular weight is 196 g/mol. The summed E-state index contributed by atoms with van der Waals surface area (Å²) in [7, 11) is 0. The van der Waals surface area contributed by atoms with E-state index in [0.29, 0.717) is 5.92 Å². The lowest BCUT2D eigenvalue weighted by atomic mass is 9.91. The molecule has 0 aliphatic heterocycles. The van der Waals surface area contributed by atoms with Crippen LogP contribution in [0.4, 0.5) is 0 Å². The largest absolute Gasteiger partial charge is 0.192 e. The maximum atomic E-state index is 8.88. The third kappa shape index (κ3) is 1.94. The highest BCUT2D eigenvalue weighted by molar-refractivity contribution is 5.49. The zero-order valence-corrected chi connectivity index (χ0v) is 8.96. The fourth-order valence-corrected chi connectivity index (χ4v) is 1.83. The minimum atomic E-state index is 0.711. The SMILES string of the molecule is C=C[C](C)c1cc(C#N)ccc1C1CC1. The van der Waals surface area contributed by atoms with Gasteiger partial charge in [-0.05, 0) is 42.0 Å². The Morgan fingerprint density at radius 3 is 2.80 bits per heavy atom. The molecule has 1 radical (unpaired) electrons. The molecule has 1 aromatic rings. The predicted octanol–water partition coefficient (Wildman–Crippen LogP) is 3.56. The molecule has 1 aliphatic rings. The van der Waals surface area contributed by atoms with Crippen LogP contribution in [0.2, 0.25) is 0 Å². The first-order valence-corrected chi connectivity index (χ1v) is 5.26. The molecule has 0 unspecified atom stereocenters. The molecule has 75 valence electrons. The highest BCUT2D eigenvalue weighted by atomic mass is 14.3. The molecule has 0 heterocycles. The Hall–Kier alpha value is -1.55. The lowest BCUT2D eigenvalue weighted by Crippen LogP contribution is -1.97. The third-order valence-electron chi connectivity index (χ3n) is 2.93. The lowest BCUT2D eigenvalue weighted by molar-refractivity contribution is 1.07. The van der Waals surface area contributed by atoms with Gasteiger partial charge in [0.15, 0.2) is 0 Å². The molecule has 2 rings (SSSR count). The molecular weight excluding hydrogens is 182 g/mol. The minimum absolute atomic E-state index is 0.711. The third-order valence-corrected chi connectivity index (χ3v) is 2.93. The second kappa shape index (κ2) is 3.90. The van der Waals surface area contributed by atoms with Gasteiger partial charge in [-0.3, -0.25) is 0 Å². The highest BCUT2D eigenvalue weighted by Gasteiger charge is 2.27. The van der Waals surface area contributed by atoms with Crippen molar-refractivity contribution < 1.29 is 0 Å². The summed E-state index contributed by atoms with van der Waals surface area (Å²) in [5.74, 6) is 1.87. The maximum Gasteiger partial charge on any atom is 0.0991 e. The van der Waals surface area contributed by atoms with E-state index in [9.17, 15) is 0 Å². The van der Waals surface area contributed by atoms with E-state index in [2.05, 4.69) is 25.6 Å². The number of rotatable bonds is 3. The van der Waals surface area contributed by atoms with E-state index in [1.807, 2.05) is 18.2 Å². The second-order valence-electron chi connectivity index (χ2n) is 4.08. The molecule has 1 heteroatoms. The van der Waals surface area contributed by atoms with E-state index in [1.54, 1.807) is 0 Å². The van der Waals surface area contributed by atoms with E-state index in [1.165, 1.54) is 24.0 Å². The summed E-state index contributed by atoms with van der Waals surface area (Å²) >= 11 is 0. The van der Waals surface area contributed by atoms with E-state index in [-0.39, 0.29) is 0 Å². The van der Waals surface area contributed by atoms with Gasteiger partial charge in [0.25, 0.3) is 0 Å². The lowest BCUT2D eigenvalue weighted by Gasteiger charge is -2.12. The molecule has 15 heavy (non-hydrogen) atoms. The summed E-state index contributed by atoms with van der Waals surface area (Å²) in [6, 6.07) is 8.17. The van der Waals surface area contributed by atoms with Crippen molar-refractivity contribution in [1.82, 2.24) is 0 Å². The Balaban J connectivity index is 2.45. The minimum Gasteiger partial charge on any atom is -0.192 e. The molecule has 0 saturated heterocycles. The van der Waals surface area contributed by atoms with Crippen molar-refractivity contribution in [3.63, 3.8) is 0 Å². The Labute approximate surface area is 91.0 Å². The Morgan fingerprint density at radius 1 is 1.53 bits per heavy atom. The average Bonchev–Trinajstić information content (AvgIpc) is 3.11. The van der Waals surface area contributed by atoms with Crippen molar-refractivity contribution in [2.24, 2.45) is 0 Å². The van der Waals surface area contributed by atoms with Gasteiger partial charge in [0.1, 0.15) is 0 Å². The van der Waals surface area contributed by atoms with Crippen molar-refractivity contribution in [3.8, 4) is 6.07 Å². The van der Waals surface area contributed by atoms with Crippen LogP contribution >= 0.6 is 0 Å². The van der Waals surface area contributed by atoms with Crippen LogP contribution in [0.3, 0.4) is 0 Å². The van der Waals surface area contributed by atoms with Gasteiger partial charge >= 0.3 is 0 Å². The Morgan fingerprint density at radius 2 is 2.27 bits per heavy atom. The van der Waals surface area contributed by atoms with Crippen molar-refractivity contribution in [3.05, 3.63) is 53.5 Å². The molecular formula is C14H14N. The maximum absolute atomic E-state index is 8.88. The Bertz CT molecular complexity index is 421. The first kappa shape index (κ1) is 9.98. The molecule has 1 saturated carbocycles. The van der Waals surface area contributed by atoms with Gasteiger partial charge in [-0.25, -0.2) is 0 Å². The van der Waals surface area contributed by atoms with Crippen molar-refractivity contribution in [2.45, 2.75) is 25.7 Å². The van der Waals surface area contributed by atoms with Crippen molar-refractivity contribution in [2.75, 3.05) is 0 Å². The summed E-state index contributed by atoms with van der Waals surface area (Å²) in [6.45, 7) is 5.84. The van der Waals surface area contributed by atoms with Gasteiger partial charge in [0, 0.05) is 5.92 Å². The Kier molecular flexibility index (Phi) is 2.60.